The molecule has 2 fully saturated rings. The van der Waals surface area contributed by atoms with Crippen LogP contribution in [0.4, 0.5) is 5.82 Å². The number of rotatable bonds is 6. The number of β-amino-alcohol motifs (C(OH)–C–C–N with tert-alkyl or cyclic N) is 1. The van der Waals surface area contributed by atoms with Crippen LogP contribution in [-0.2, 0) is 17.7 Å². The van der Waals surface area contributed by atoms with Crippen molar-refractivity contribution in [3.63, 3.8) is 0 Å². The van der Waals surface area contributed by atoms with Crippen LogP contribution in [0.2, 0.25) is 0 Å². The molecular weight excluding hydrogens is 478 g/mol. The number of nitrogens with one attached hydrogen (secondary N) is 1. The third kappa shape index (κ3) is 5.16. The maximum absolute atomic E-state index is 13.7. The topological polar surface area (TPSA) is 90.8 Å². The van der Waals surface area contributed by atoms with Crippen molar-refractivity contribution in [2.24, 2.45) is 0 Å². The molecule has 1 aromatic heterocycles. The second-order valence-corrected chi connectivity index (χ2v) is 10.7. The predicted octanol–water partition coefficient (Wildman–Crippen LogP) is 3.37. The maximum atomic E-state index is 13.7. The van der Waals surface area contributed by atoms with E-state index in [2.05, 4.69) is 39.5 Å². The molecule has 8 nitrogen and oxygen atoms in total. The number of methoxy groups -OCH3 is 1. The molecule has 3 heterocycles. The van der Waals surface area contributed by atoms with Gasteiger partial charge in [-0.2, -0.15) is 0 Å². The first kappa shape index (κ1) is 25.0. The van der Waals surface area contributed by atoms with Crippen LogP contribution in [0, 0.1) is 0 Å². The smallest absolute Gasteiger partial charge is 0.272 e. The van der Waals surface area contributed by atoms with Gasteiger partial charge in [0.05, 0.1) is 12.2 Å². The molecule has 3 aliphatic rings. The summed E-state index contributed by atoms with van der Waals surface area (Å²) in [6.45, 7) is 2.66. The molecule has 2 aliphatic heterocycles. The van der Waals surface area contributed by atoms with E-state index in [0.717, 1.165) is 44.3 Å². The summed E-state index contributed by atoms with van der Waals surface area (Å²) in [4.78, 5) is 27.2. The van der Waals surface area contributed by atoms with Crippen molar-refractivity contribution in [1.82, 2.24) is 19.8 Å². The lowest BCUT2D eigenvalue weighted by Crippen LogP contribution is -2.56. The second-order valence-electron chi connectivity index (χ2n) is 10.7. The third-order valence-corrected chi connectivity index (χ3v) is 8.22. The fourth-order valence-corrected chi connectivity index (χ4v) is 5.92. The van der Waals surface area contributed by atoms with E-state index in [0.29, 0.717) is 30.4 Å². The fraction of sp³-hybridized carbons (Fsp3) is 0.433. The van der Waals surface area contributed by atoms with Gasteiger partial charge in [-0.25, -0.2) is 9.97 Å². The quantitative estimate of drug-likeness (QED) is 0.522. The van der Waals surface area contributed by atoms with Crippen LogP contribution in [0.5, 0.6) is 0 Å². The largest absolute Gasteiger partial charge is 0.390 e. The third-order valence-electron chi connectivity index (χ3n) is 8.22. The number of piperidine rings is 1. The molecule has 3 aromatic rings. The average molecular weight is 514 g/mol. The molecule has 2 unspecified atom stereocenters. The van der Waals surface area contributed by atoms with Gasteiger partial charge in [-0.05, 0) is 36.8 Å². The van der Waals surface area contributed by atoms with Crippen molar-refractivity contribution in [2.75, 3.05) is 32.1 Å². The summed E-state index contributed by atoms with van der Waals surface area (Å²) in [5.41, 5.74) is 3.94. The summed E-state index contributed by atoms with van der Waals surface area (Å²) in [6, 6.07) is 20.3. The number of carbonyl (C=O) groups excluding carboxylic acids is 1. The molecule has 0 spiro atoms. The normalized spacial score (nSPS) is 25.4. The Morgan fingerprint density at radius 2 is 1.79 bits per heavy atom. The van der Waals surface area contributed by atoms with Gasteiger partial charge < -0.3 is 20.1 Å². The number of hydrogen-bond donors (Lipinski definition) is 2. The van der Waals surface area contributed by atoms with Gasteiger partial charge in [0.15, 0.2) is 5.82 Å². The summed E-state index contributed by atoms with van der Waals surface area (Å²) in [5, 5.41) is 14.6. The Bertz CT molecular complexity index is 1280. The first-order valence-corrected chi connectivity index (χ1v) is 13.6. The lowest BCUT2D eigenvalue weighted by Gasteiger charge is -2.43. The zero-order valence-corrected chi connectivity index (χ0v) is 21.8. The number of nitrogens with zero attached hydrogens (tertiary/aromatic N) is 4. The van der Waals surface area contributed by atoms with E-state index in [1.165, 1.54) is 11.1 Å². The SMILES string of the molecule is COC1CC(Nc2cc(C(=O)N3CCC(N4CCc5ccccc5C4)C(O)C3)nc(-c3ccccc3)n2)C1. The van der Waals surface area contributed by atoms with Crippen LogP contribution in [-0.4, -0.2) is 81.8 Å². The predicted molar refractivity (Wildman–Crippen MR) is 146 cm³/mol. The van der Waals surface area contributed by atoms with E-state index in [9.17, 15) is 9.90 Å². The Labute approximate surface area is 223 Å². The zero-order valence-electron chi connectivity index (χ0n) is 21.8. The van der Waals surface area contributed by atoms with E-state index in [1.807, 2.05) is 30.3 Å². The van der Waals surface area contributed by atoms with Crippen LogP contribution in [0.1, 0.15) is 40.9 Å². The summed E-state index contributed by atoms with van der Waals surface area (Å²) in [6.07, 6.45) is 3.20. The van der Waals surface area contributed by atoms with Crippen LogP contribution in [0.3, 0.4) is 0 Å². The molecule has 38 heavy (non-hydrogen) atoms. The lowest BCUT2D eigenvalue weighted by molar-refractivity contribution is -0.0139. The van der Waals surface area contributed by atoms with Crippen LogP contribution >= 0.6 is 0 Å². The van der Waals surface area contributed by atoms with Gasteiger partial charge in [-0.1, -0.05) is 54.6 Å². The fourth-order valence-electron chi connectivity index (χ4n) is 5.92. The molecule has 0 bridgehead atoms. The summed E-state index contributed by atoms with van der Waals surface area (Å²) < 4.78 is 5.41. The average Bonchev–Trinajstić information content (AvgIpc) is 2.94. The van der Waals surface area contributed by atoms with Crippen LogP contribution in [0.15, 0.2) is 60.7 Å². The highest BCUT2D eigenvalue weighted by Crippen LogP contribution is 2.29. The molecular formula is C30H35N5O3. The van der Waals surface area contributed by atoms with Crippen molar-refractivity contribution in [3.8, 4) is 11.4 Å². The summed E-state index contributed by atoms with van der Waals surface area (Å²) in [7, 11) is 1.73. The summed E-state index contributed by atoms with van der Waals surface area (Å²) >= 11 is 0. The molecule has 1 aliphatic carbocycles. The molecule has 8 heteroatoms. The van der Waals surface area contributed by atoms with Crippen molar-refractivity contribution >= 4 is 11.7 Å². The number of anilines is 1. The Morgan fingerprint density at radius 1 is 1.03 bits per heavy atom. The minimum absolute atomic E-state index is 0.0438. The number of hydrogen-bond acceptors (Lipinski definition) is 7. The van der Waals surface area contributed by atoms with Crippen molar-refractivity contribution in [2.45, 2.75) is 56.5 Å². The molecule has 2 aromatic carbocycles. The Kier molecular flexibility index (Phi) is 7.10. The first-order chi connectivity index (χ1) is 18.6. The molecule has 1 saturated heterocycles. The van der Waals surface area contributed by atoms with Crippen molar-refractivity contribution < 1.29 is 14.6 Å². The zero-order chi connectivity index (χ0) is 26.1. The van der Waals surface area contributed by atoms with Gasteiger partial charge in [-0.15, -0.1) is 0 Å². The van der Waals surface area contributed by atoms with E-state index >= 15 is 0 Å². The van der Waals surface area contributed by atoms with Gasteiger partial charge in [0.2, 0.25) is 0 Å². The molecule has 2 N–H and O–H groups in total. The number of aliphatic hydroxyl groups excluding tert-OH is 1. The highest BCUT2D eigenvalue weighted by molar-refractivity contribution is 5.93. The van der Waals surface area contributed by atoms with Gasteiger partial charge in [0, 0.05) is 57.0 Å². The molecule has 0 radical (unpaired) electrons. The number of ether oxygens (including phenoxy) is 1. The highest BCUT2D eigenvalue weighted by atomic mass is 16.5. The Morgan fingerprint density at radius 3 is 2.55 bits per heavy atom. The molecule has 198 valence electrons. The van der Waals surface area contributed by atoms with Gasteiger partial charge in [-0.3, -0.25) is 9.69 Å². The Balaban J connectivity index is 1.17. The van der Waals surface area contributed by atoms with E-state index < -0.39 is 6.10 Å². The van der Waals surface area contributed by atoms with Gasteiger partial charge in [0.25, 0.3) is 5.91 Å². The van der Waals surface area contributed by atoms with Gasteiger partial charge in [0.1, 0.15) is 11.5 Å². The molecule has 6 rings (SSSR count). The second kappa shape index (κ2) is 10.8. The molecule has 1 amide bonds. The number of carbonyl (C=O) groups is 1. The highest BCUT2D eigenvalue weighted by Gasteiger charge is 2.36. The number of aliphatic hydroxyl groups is 1. The maximum Gasteiger partial charge on any atom is 0.272 e. The van der Waals surface area contributed by atoms with Crippen LogP contribution in [0.25, 0.3) is 11.4 Å². The minimum Gasteiger partial charge on any atom is -0.390 e. The van der Waals surface area contributed by atoms with E-state index in [-0.39, 0.29) is 24.1 Å². The van der Waals surface area contributed by atoms with Crippen LogP contribution < -0.4 is 5.32 Å². The monoisotopic (exact) mass is 513 g/mol. The van der Waals surface area contributed by atoms with E-state index in [1.54, 1.807) is 18.1 Å². The molecule has 2 atom stereocenters. The standard InChI is InChI=1S/C30H35N5O3/c1-38-24-15-23(16-24)31-28-17-25(32-29(33-28)21-8-3-2-4-9-21)30(37)35-14-12-26(27(36)19-35)34-13-11-20-7-5-6-10-22(20)18-34/h2-10,17,23-24,26-27,36H,11-16,18-19H2,1H3,(H,31,32,33). The van der Waals surface area contributed by atoms with Crippen molar-refractivity contribution in [1.29, 1.82) is 0 Å². The lowest BCUT2D eigenvalue weighted by atomic mass is 9.89. The Hall–Kier alpha value is -3.33. The van der Waals surface area contributed by atoms with E-state index in [4.69, 9.17) is 9.72 Å². The number of likely N-dealkylation sites (tertiary alicyclic amines) is 1. The molecule has 1 saturated carbocycles. The number of aromatic nitrogens is 2. The van der Waals surface area contributed by atoms with Gasteiger partial charge >= 0.3 is 0 Å². The minimum atomic E-state index is -0.605. The number of fused-ring (bicyclic) bond motifs is 1. The summed E-state index contributed by atoms with van der Waals surface area (Å²) in [5.74, 6) is 0.991. The first-order valence-electron chi connectivity index (χ1n) is 13.6. The van der Waals surface area contributed by atoms with Crippen molar-refractivity contribution in [3.05, 3.63) is 77.5 Å². The number of amides is 1. The number of benzene rings is 2.